The molecule has 0 spiro atoms. The van der Waals surface area contributed by atoms with Crippen LogP contribution in [-0.4, -0.2) is 27.8 Å². The summed E-state index contributed by atoms with van der Waals surface area (Å²) < 4.78 is 6.08. The summed E-state index contributed by atoms with van der Waals surface area (Å²) in [4.78, 5) is 4.35. The third-order valence-electron chi connectivity index (χ3n) is 5.12. The summed E-state index contributed by atoms with van der Waals surface area (Å²) in [6, 6.07) is 3.75. The highest BCUT2D eigenvalue weighted by Gasteiger charge is 2.43. The van der Waals surface area contributed by atoms with Gasteiger partial charge < -0.3 is 15.6 Å². The summed E-state index contributed by atoms with van der Waals surface area (Å²) in [6.45, 7) is 2.31. The van der Waals surface area contributed by atoms with Gasteiger partial charge in [-0.1, -0.05) is 6.92 Å². The predicted molar refractivity (Wildman–Crippen MR) is 82.1 cm³/mol. The maximum Gasteiger partial charge on any atom is 0.123 e. The molecule has 0 radical (unpaired) electrons. The topological polar surface area (TPSA) is 68.4 Å². The first-order valence-corrected chi connectivity index (χ1v) is 8.15. The minimum absolute atomic E-state index is 0.122. The van der Waals surface area contributed by atoms with Gasteiger partial charge in [0, 0.05) is 30.4 Å². The van der Waals surface area contributed by atoms with E-state index in [-0.39, 0.29) is 6.04 Å². The molecule has 0 bridgehead atoms. The lowest BCUT2D eigenvalue weighted by molar-refractivity contribution is -0.0541. The van der Waals surface area contributed by atoms with Crippen molar-refractivity contribution in [3.63, 3.8) is 0 Å². The van der Waals surface area contributed by atoms with Gasteiger partial charge in [-0.2, -0.15) is 0 Å². The molecular weight excluding hydrogens is 264 g/mol. The van der Waals surface area contributed by atoms with E-state index in [0.29, 0.717) is 12.5 Å². The van der Waals surface area contributed by atoms with Crippen molar-refractivity contribution >= 4 is 0 Å². The molecule has 2 fully saturated rings. The number of hydrogen-bond acceptors (Lipinski definition) is 4. The van der Waals surface area contributed by atoms with Crippen LogP contribution in [0.4, 0.5) is 0 Å². The highest BCUT2D eigenvalue weighted by atomic mass is 16.5. The number of nitrogens with two attached hydrogens (primary N) is 1. The molecule has 0 saturated heterocycles. The highest BCUT2D eigenvalue weighted by molar-refractivity contribution is 5.25. The Morgan fingerprint density at radius 2 is 2.10 bits per heavy atom. The van der Waals surface area contributed by atoms with Gasteiger partial charge in [0.15, 0.2) is 0 Å². The Morgan fingerprint density at radius 3 is 2.71 bits per heavy atom. The van der Waals surface area contributed by atoms with Crippen molar-refractivity contribution in [3.05, 3.63) is 24.0 Å². The molecule has 21 heavy (non-hydrogen) atoms. The van der Waals surface area contributed by atoms with Gasteiger partial charge in [-0.05, 0) is 50.5 Å². The van der Waals surface area contributed by atoms with Gasteiger partial charge in [0.05, 0.1) is 11.7 Å². The Balaban J connectivity index is 1.61. The molecule has 1 heterocycles. The van der Waals surface area contributed by atoms with E-state index < -0.39 is 5.60 Å². The van der Waals surface area contributed by atoms with E-state index in [1.807, 2.05) is 12.1 Å². The molecule has 0 aromatic carbocycles. The number of pyridine rings is 1. The number of rotatable bonds is 4. The second-order valence-electron chi connectivity index (χ2n) is 6.91. The standard InChI is InChI=1S/C17H26N2O2/c1-12-2-4-14(5-3-12)21-15-7-9-19-13(10-15)11-17(20)8-6-16(17)18/h7,9-10,12,14,16,20H,2-6,8,11,18H2,1H3/t12-,14-,16-,17+/m0/s1. The molecule has 2 aliphatic carbocycles. The number of aliphatic hydroxyl groups is 1. The average molecular weight is 290 g/mol. The van der Waals surface area contributed by atoms with Crippen molar-refractivity contribution < 1.29 is 9.84 Å². The highest BCUT2D eigenvalue weighted by Crippen LogP contribution is 2.34. The zero-order chi connectivity index (χ0) is 14.9. The average Bonchev–Trinajstić information content (AvgIpc) is 2.48. The van der Waals surface area contributed by atoms with Gasteiger partial charge in [0.1, 0.15) is 5.75 Å². The minimum Gasteiger partial charge on any atom is -0.490 e. The van der Waals surface area contributed by atoms with E-state index >= 15 is 0 Å². The Hall–Kier alpha value is -1.13. The van der Waals surface area contributed by atoms with Gasteiger partial charge in [0.25, 0.3) is 0 Å². The third kappa shape index (κ3) is 3.38. The molecular formula is C17H26N2O2. The largest absolute Gasteiger partial charge is 0.490 e. The van der Waals surface area contributed by atoms with Crippen molar-refractivity contribution in [3.8, 4) is 5.75 Å². The first-order valence-electron chi connectivity index (χ1n) is 8.15. The molecule has 0 amide bonds. The SMILES string of the molecule is C[C@H]1CC[C@H](Oc2ccnc(C[C@]3(O)CC[C@@H]3N)c2)CC1. The zero-order valence-electron chi connectivity index (χ0n) is 12.8. The van der Waals surface area contributed by atoms with Gasteiger partial charge in [-0.15, -0.1) is 0 Å². The molecule has 2 atom stereocenters. The van der Waals surface area contributed by atoms with Crippen LogP contribution in [0, 0.1) is 5.92 Å². The smallest absolute Gasteiger partial charge is 0.123 e. The fourth-order valence-electron chi connectivity index (χ4n) is 3.34. The van der Waals surface area contributed by atoms with Crippen molar-refractivity contribution in [2.45, 2.75) is 69.6 Å². The van der Waals surface area contributed by atoms with Crippen molar-refractivity contribution in [1.82, 2.24) is 4.98 Å². The van der Waals surface area contributed by atoms with Crippen LogP contribution < -0.4 is 10.5 Å². The van der Waals surface area contributed by atoms with Gasteiger partial charge >= 0.3 is 0 Å². The monoisotopic (exact) mass is 290 g/mol. The van der Waals surface area contributed by atoms with Crippen LogP contribution in [0.2, 0.25) is 0 Å². The number of aromatic nitrogens is 1. The molecule has 116 valence electrons. The molecule has 0 unspecified atom stereocenters. The Labute approximate surface area is 126 Å². The molecule has 2 aliphatic rings. The van der Waals surface area contributed by atoms with Gasteiger partial charge in [-0.25, -0.2) is 0 Å². The minimum atomic E-state index is -0.772. The normalized spacial score (nSPS) is 36.0. The molecule has 4 nitrogen and oxygen atoms in total. The van der Waals surface area contributed by atoms with Crippen LogP contribution in [0.25, 0.3) is 0 Å². The quantitative estimate of drug-likeness (QED) is 0.893. The second kappa shape index (κ2) is 5.93. The Morgan fingerprint density at radius 1 is 1.33 bits per heavy atom. The summed E-state index contributed by atoms with van der Waals surface area (Å²) in [5.41, 5.74) is 5.99. The molecule has 0 aliphatic heterocycles. The van der Waals surface area contributed by atoms with Crippen molar-refractivity contribution in [1.29, 1.82) is 0 Å². The summed E-state index contributed by atoms with van der Waals surface area (Å²) in [6.07, 6.45) is 9.03. The lowest BCUT2D eigenvalue weighted by Gasteiger charge is -2.43. The summed E-state index contributed by atoms with van der Waals surface area (Å²) in [5.74, 6) is 1.70. The lowest BCUT2D eigenvalue weighted by atomic mass is 9.72. The molecule has 3 N–H and O–H groups in total. The van der Waals surface area contributed by atoms with Crippen LogP contribution in [0.15, 0.2) is 18.3 Å². The fourth-order valence-corrected chi connectivity index (χ4v) is 3.34. The molecule has 2 saturated carbocycles. The fraction of sp³-hybridized carbons (Fsp3) is 0.706. The van der Waals surface area contributed by atoms with Gasteiger partial charge in [0.2, 0.25) is 0 Å². The van der Waals surface area contributed by atoms with E-state index in [9.17, 15) is 5.11 Å². The summed E-state index contributed by atoms with van der Waals surface area (Å²) in [7, 11) is 0. The number of ether oxygens (including phenoxy) is 1. The maximum atomic E-state index is 10.4. The predicted octanol–water partition coefficient (Wildman–Crippen LogP) is 2.43. The van der Waals surface area contributed by atoms with Gasteiger partial charge in [-0.3, -0.25) is 4.98 Å². The third-order valence-corrected chi connectivity index (χ3v) is 5.12. The Bertz CT molecular complexity index is 485. The molecule has 3 rings (SSSR count). The summed E-state index contributed by atoms with van der Waals surface area (Å²) >= 11 is 0. The maximum absolute atomic E-state index is 10.4. The first-order chi connectivity index (χ1) is 10.0. The number of hydrogen-bond donors (Lipinski definition) is 2. The van der Waals surface area contributed by atoms with E-state index in [1.54, 1.807) is 6.20 Å². The van der Waals surface area contributed by atoms with Crippen LogP contribution in [0.5, 0.6) is 5.75 Å². The number of nitrogens with zero attached hydrogens (tertiary/aromatic N) is 1. The Kier molecular flexibility index (Phi) is 4.18. The van der Waals surface area contributed by atoms with Crippen LogP contribution in [0.1, 0.15) is 51.1 Å². The summed E-state index contributed by atoms with van der Waals surface area (Å²) in [5, 5.41) is 10.4. The van der Waals surface area contributed by atoms with Crippen molar-refractivity contribution in [2.24, 2.45) is 11.7 Å². The lowest BCUT2D eigenvalue weighted by Crippen LogP contribution is -2.58. The van der Waals surface area contributed by atoms with Crippen LogP contribution >= 0.6 is 0 Å². The van der Waals surface area contributed by atoms with E-state index in [4.69, 9.17) is 10.5 Å². The van der Waals surface area contributed by atoms with E-state index in [2.05, 4.69) is 11.9 Å². The van der Waals surface area contributed by atoms with Crippen LogP contribution in [-0.2, 0) is 6.42 Å². The second-order valence-corrected chi connectivity index (χ2v) is 6.91. The van der Waals surface area contributed by atoms with Crippen molar-refractivity contribution in [2.75, 3.05) is 0 Å². The molecule has 1 aromatic rings. The zero-order valence-corrected chi connectivity index (χ0v) is 12.8. The van der Waals surface area contributed by atoms with E-state index in [0.717, 1.165) is 43.0 Å². The molecule has 4 heteroatoms. The van der Waals surface area contributed by atoms with Crippen LogP contribution in [0.3, 0.4) is 0 Å². The first kappa shape index (κ1) is 14.8. The molecule has 1 aromatic heterocycles. The van der Waals surface area contributed by atoms with E-state index in [1.165, 1.54) is 12.8 Å².